The summed E-state index contributed by atoms with van der Waals surface area (Å²) in [4.78, 5) is 11.6. The van der Waals surface area contributed by atoms with Gasteiger partial charge in [-0.1, -0.05) is 6.92 Å². The molecule has 4 nitrogen and oxygen atoms in total. The minimum absolute atomic E-state index is 0.297. The van der Waals surface area contributed by atoms with Gasteiger partial charge in [-0.25, -0.2) is 4.79 Å². The number of carboxylic acids is 1. The molecule has 1 rings (SSSR count). The topological polar surface area (TPSA) is 58.6 Å². The number of hydrogen-bond donors (Lipinski definition) is 2. The van der Waals surface area contributed by atoms with Crippen LogP contribution in [0.5, 0.6) is 5.75 Å². The average Bonchev–Trinajstić information content (AvgIpc) is 2.37. The fourth-order valence-corrected chi connectivity index (χ4v) is 2.46. The maximum Gasteiger partial charge on any atom is 0.341 e. The van der Waals surface area contributed by atoms with Crippen LogP contribution in [0.1, 0.15) is 18.9 Å². The summed E-state index contributed by atoms with van der Waals surface area (Å²) in [6, 6.07) is 5.83. The number of thioether (sulfide) groups is 1. The molecule has 0 amide bonds. The van der Waals surface area contributed by atoms with E-state index in [1.54, 1.807) is 11.8 Å². The largest absolute Gasteiger partial charge is 0.482 e. The standard InChI is InChI=1S/C14H21NO3S/c1-3-6-15-7-8-19-12-4-5-13(11(2)9-12)18-10-14(16)17/h4-5,9,15H,3,6-8,10H2,1-2H3,(H,16,17). The van der Waals surface area contributed by atoms with E-state index < -0.39 is 5.97 Å². The third-order valence-electron chi connectivity index (χ3n) is 2.47. The molecule has 0 spiro atoms. The van der Waals surface area contributed by atoms with Crippen LogP contribution in [0.3, 0.4) is 0 Å². The van der Waals surface area contributed by atoms with E-state index in [1.807, 2.05) is 25.1 Å². The minimum atomic E-state index is -0.958. The molecule has 0 unspecified atom stereocenters. The van der Waals surface area contributed by atoms with Gasteiger partial charge in [-0.3, -0.25) is 0 Å². The van der Waals surface area contributed by atoms with Crippen LogP contribution in [0, 0.1) is 6.92 Å². The van der Waals surface area contributed by atoms with Gasteiger partial charge in [0.2, 0.25) is 0 Å². The highest BCUT2D eigenvalue weighted by Gasteiger charge is 2.04. The quantitative estimate of drug-likeness (QED) is 0.539. The molecule has 1 aromatic rings. The second-order valence-corrected chi connectivity index (χ2v) is 5.38. The lowest BCUT2D eigenvalue weighted by Gasteiger charge is -2.09. The molecule has 106 valence electrons. The van der Waals surface area contributed by atoms with Crippen molar-refractivity contribution in [3.63, 3.8) is 0 Å². The molecule has 0 aliphatic rings. The third-order valence-corrected chi connectivity index (χ3v) is 3.47. The molecule has 0 bridgehead atoms. The van der Waals surface area contributed by atoms with Gasteiger partial charge in [-0.15, -0.1) is 11.8 Å². The van der Waals surface area contributed by atoms with Gasteiger partial charge in [0.1, 0.15) is 5.75 Å². The molecule has 2 N–H and O–H groups in total. The summed E-state index contributed by atoms with van der Waals surface area (Å²) in [5.74, 6) is 0.699. The predicted molar refractivity (Wildman–Crippen MR) is 78.2 cm³/mol. The zero-order valence-electron chi connectivity index (χ0n) is 11.4. The SMILES string of the molecule is CCCNCCSc1ccc(OCC(=O)O)c(C)c1. The summed E-state index contributed by atoms with van der Waals surface area (Å²) in [5.41, 5.74) is 0.966. The lowest BCUT2D eigenvalue weighted by atomic mass is 10.2. The maximum atomic E-state index is 10.4. The van der Waals surface area contributed by atoms with Crippen molar-refractivity contribution in [1.29, 1.82) is 0 Å². The monoisotopic (exact) mass is 283 g/mol. The minimum Gasteiger partial charge on any atom is -0.482 e. The van der Waals surface area contributed by atoms with E-state index in [2.05, 4.69) is 12.2 Å². The van der Waals surface area contributed by atoms with Crippen molar-refractivity contribution in [1.82, 2.24) is 5.32 Å². The van der Waals surface area contributed by atoms with E-state index in [1.165, 1.54) is 4.90 Å². The predicted octanol–water partition coefficient (Wildman–Crippen LogP) is 2.55. The molecule has 19 heavy (non-hydrogen) atoms. The van der Waals surface area contributed by atoms with Crippen molar-refractivity contribution in [2.75, 3.05) is 25.4 Å². The molecule has 0 heterocycles. The number of benzene rings is 1. The number of nitrogens with one attached hydrogen (secondary N) is 1. The maximum absolute atomic E-state index is 10.4. The summed E-state index contributed by atoms with van der Waals surface area (Å²) in [7, 11) is 0. The van der Waals surface area contributed by atoms with Gasteiger partial charge >= 0.3 is 5.97 Å². The summed E-state index contributed by atoms with van der Waals surface area (Å²) in [6.45, 7) is 5.83. The zero-order chi connectivity index (χ0) is 14.1. The number of carboxylic acid groups (broad SMARTS) is 1. The second kappa shape index (κ2) is 8.82. The molecule has 5 heteroatoms. The number of aryl methyl sites for hydroxylation is 1. The van der Waals surface area contributed by atoms with Crippen molar-refractivity contribution in [3.8, 4) is 5.75 Å². The zero-order valence-corrected chi connectivity index (χ0v) is 12.3. The summed E-state index contributed by atoms with van der Waals surface area (Å²) >= 11 is 1.78. The van der Waals surface area contributed by atoms with Gasteiger partial charge in [0.05, 0.1) is 0 Å². The number of aliphatic carboxylic acids is 1. The summed E-state index contributed by atoms with van der Waals surface area (Å²) in [5, 5.41) is 11.9. The van der Waals surface area contributed by atoms with Gasteiger partial charge in [0.25, 0.3) is 0 Å². The van der Waals surface area contributed by atoms with Crippen LogP contribution < -0.4 is 10.1 Å². The highest BCUT2D eigenvalue weighted by molar-refractivity contribution is 7.99. The van der Waals surface area contributed by atoms with Gasteiger partial charge in [0, 0.05) is 17.2 Å². The van der Waals surface area contributed by atoms with E-state index in [-0.39, 0.29) is 6.61 Å². The number of carbonyl (C=O) groups is 1. The lowest BCUT2D eigenvalue weighted by Crippen LogP contribution is -2.17. The van der Waals surface area contributed by atoms with Gasteiger partial charge in [-0.05, 0) is 43.7 Å². The van der Waals surface area contributed by atoms with Gasteiger partial charge in [0.15, 0.2) is 6.61 Å². The fraction of sp³-hybridized carbons (Fsp3) is 0.500. The summed E-state index contributed by atoms with van der Waals surface area (Å²) in [6.07, 6.45) is 1.15. The molecule has 0 radical (unpaired) electrons. The van der Waals surface area contributed by atoms with Crippen molar-refractivity contribution in [2.24, 2.45) is 0 Å². The molecule has 0 aromatic heterocycles. The first-order chi connectivity index (χ1) is 9.13. The Hall–Kier alpha value is -1.20. The average molecular weight is 283 g/mol. The first-order valence-electron chi connectivity index (χ1n) is 6.42. The van der Waals surface area contributed by atoms with Crippen molar-refractivity contribution >= 4 is 17.7 Å². The molecular weight excluding hydrogens is 262 g/mol. The highest BCUT2D eigenvalue weighted by atomic mass is 32.2. The smallest absolute Gasteiger partial charge is 0.341 e. The Morgan fingerprint density at radius 1 is 1.42 bits per heavy atom. The van der Waals surface area contributed by atoms with E-state index >= 15 is 0 Å². The Morgan fingerprint density at radius 3 is 2.84 bits per heavy atom. The van der Waals surface area contributed by atoms with Crippen LogP contribution in [0.25, 0.3) is 0 Å². The first-order valence-corrected chi connectivity index (χ1v) is 7.40. The molecule has 1 aromatic carbocycles. The fourth-order valence-electron chi connectivity index (χ4n) is 1.56. The van der Waals surface area contributed by atoms with Crippen molar-refractivity contribution in [3.05, 3.63) is 23.8 Å². The van der Waals surface area contributed by atoms with Crippen LogP contribution in [0.15, 0.2) is 23.1 Å². The second-order valence-electron chi connectivity index (χ2n) is 4.21. The normalized spacial score (nSPS) is 10.4. The Morgan fingerprint density at radius 2 is 2.21 bits per heavy atom. The van der Waals surface area contributed by atoms with Crippen LogP contribution >= 0.6 is 11.8 Å². The number of hydrogen-bond acceptors (Lipinski definition) is 4. The number of ether oxygens (including phenoxy) is 1. The van der Waals surface area contributed by atoms with E-state index in [9.17, 15) is 4.79 Å². The van der Waals surface area contributed by atoms with E-state index in [4.69, 9.17) is 9.84 Å². The third kappa shape index (κ3) is 6.50. The Labute approximate surface area is 118 Å². The molecule has 0 aliphatic carbocycles. The number of rotatable bonds is 9. The molecule has 0 saturated heterocycles. The van der Waals surface area contributed by atoms with Crippen LogP contribution in [-0.4, -0.2) is 36.5 Å². The van der Waals surface area contributed by atoms with Crippen LogP contribution in [0.2, 0.25) is 0 Å². The van der Waals surface area contributed by atoms with Crippen LogP contribution in [-0.2, 0) is 4.79 Å². The van der Waals surface area contributed by atoms with Crippen LogP contribution in [0.4, 0.5) is 0 Å². The summed E-state index contributed by atoms with van der Waals surface area (Å²) < 4.78 is 5.19. The van der Waals surface area contributed by atoms with Gasteiger partial charge in [-0.2, -0.15) is 0 Å². The molecule has 0 fully saturated rings. The Balaban J connectivity index is 2.40. The molecule has 0 saturated carbocycles. The Kier molecular flexibility index (Phi) is 7.36. The van der Waals surface area contributed by atoms with E-state index in [0.717, 1.165) is 30.8 Å². The Bertz CT molecular complexity index is 410. The first kappa shape index (κ1) is 15.9. The van der Waals surface area contributed by atoms with Gasteiger partial charge < -0.3 is 15.2 Å². The van der Waals surface area contributed by atoms with Crippen molar-refractivity contribution in [2.45, 2.75) is 25.2 Å². The van der Waals surface area contributed by atoms with Crippen molar-refractivity contribution < 1.29 is 14.6 Å². The highest BCUT2D eigenvalue weighted by Crippen LogP contribution is 2.25. The molecular formula is C14H21NO3S. The lowest BCUT2D eigenvalue weighted by molar-refractivity contribution is -0.139. The molecule has 0 aliphatic heterocycles. The molecule has 0 atom stereocenters. The van der Waals surface area contributed by atoms with E-state index in [0.29, 0.717) is 5.75 Å².